The lowest BCUT2D eigenvalue weighted by Gasteiger charge is -2.07. The van der Waals surface area contributed by atoms with Crippen molar-refractivity contribution >= 4 is 35.2 Å². The van der Waals surface area contributed by atoms with Gasteiger partial charge in [0, 0.05) is 18.8 Å². The summed E-state index contributed by atoms with van der Waals surface area (Å²) in [5, 5.41) is 2.94. The molecule has 0 bridgehead atoms. The molecule has 0 atom stereocenters. The molecule has 23 heavy (non-hydrogen) atoms. The van der Waals surface area contributed by atoms with Gasteiger partial charge in [0.1, 0.15) is 5.65 Å². The third kappa shape index (κ3) is 4.82. The Bertz CT molecular complexity index is 737. The van der Waals surface area contributed by atoms with Crippen molar-refractivity contribution in [3.8, 4) is 0 Å². The molecule has 0 aliphatic carbocycles. The van der Waals surface area contributed by atoms with Crippen LogP contribution in [0.15, 0.2) is 30.5 Å². The van der Waals surface area contributed by atoms with Crippen LogP contribution in [-0.4, -0.2) is 33.9 Å². The molecular formula is C16H18ClN3O3. The second-order valence-corrected chi connectivity index (χ2v) is 5.49. The van der Waals surface area contributed by atoms with Crippen molar-refractivity contribution in [3.05, 3.63) is 41.3 Å². The summed E-state index contributed by atoms with van der Waals surface area (Å²) < 4.78 is 6.76. The lowest BCUT2D eigenvalue weighted by atomic mass is 10.3. The van der Waals surface area contributed by atoms with Gasteiger partial charge in [-0.2, -0.15) is 0 Å². The molecule has 1 N–H and O–H groups in total. The summed E-state index contributed by atoms with van der Waals surface area (Å²) in [7, 11) is 0. The molecule has 2 rings (SSSR count). The highest BCUT2D eigenvalue weighted by atomic mass is 35.5. The Morgan fingerprint density at radius 1 is 1.43 bits per heavy atom. The molecule has 0 fully saturated rings. The van der Waals surface area contributed by atoms with Gasteiger partial charge in [0.2, 0.25) is 5.91 Å². The Morgan fingerprint density at radius 3 is 2.96 bits per heavy atom. The number of carbonyl (C=O) groups excluding carboxylic acids is 2. The number of imidazole rings is 1. The van der Waals surface area contributed by atoms with Crippen LogP contribution in [0.4, 0.5) is 0 Å². The average Bonchev–Trinajstić information content (AvgIpc) is 2.79. The molecule has 1 amide bonds. The molecular weight excluding hydrogens is 318 g/mol. The van der Waals surface area contributed by atoms with Gasteiger partial charge in [-0.3, -0.25) is 14.0 Å². The summed E-state index contributed by atoms with van der Waals surface area (Å²) in [6.45, 7) is 3.77. The van der Waals surface area contributed by atoms with Gasteiger partial charge in [-0.1, -0.05) is 17.7 Å². The highest BCUT2D eigenvalue weighted by molar-refractivity contribution is 6.31. The molecule has 0 aliphatic rings. The minimum absolute atomic E-state index is 0.133. The van der Waals surface area contributed by atoms with Crippen molar-refractivity contribution in [3.63, 3.8) is 0 Å². The fourth-order valence-electron chi connectivity index (χ4n) is 1.96. The van der Waals surface area contributed by atoms with E-state index in [9.17, 15) is 9.59 Å². The van der Waals surface area contributed by atoms with Gasteiger partial charge in [0.15, 0.2) is 5.15 Å². The number of carbonyl (C=O) groups is 2. The number of halogens is 1. The van der Waals surface area contributed by atoms with Crippen LogP contribution in [0.5, 0.6) is 0 Å². The maximum atomic E-state index is 11.8. The number of pyridine rings is 1. The van der Waals surface area contributed by atoms with Gasteiger partial charge in [0.25, 0.3) is 0 Å². The van der Waals surface area contributed by atoms with Gasteiger partial charge in [0.05, 0.1) is 18.2 Å². The van der Waals surface area contributed by atoms with Gasteiger partial charge < -0.3 is 10.1 Å². The first-order valence-electron chi connectivity index (χ1n) is 7.25. The van der Waals surface area contributed by atoms with E-state index in [1.165, 1.54) is 6.08 Å². The summed E-state index contributed by atoms with van der Waals surface area (Å²) in [6.07, 6.45) is 4.73. The van der Waals surface area contributed by atoms with E-state index in [0.29, 0.717) is 16.5 Å². The quantitative estimate of drug-likeness (QED) is 0.650. The Kier molecular flexibility index (Phi) is 5.76. The van der Waals surface area contributed by atoms with E-state index in [0.717, 1.165) is 0 Å². The molecule has 7 heteroatoms. The fraction of sp³-hybridized carbons (Fsp3) is 0.312. The summed E-state index contributed by atoms with van der Waals surface area (Å²) >= 11 is 6.07. The largest absolute Gasteiger partial charge is 0.463 e. The van der Waals surface area contributed by atoms with E-state index in [1.54, 1.807) is 24.3 Å². The molecule has 0 saturated carbocycles. The number of aromatic nitrogens is 2. The molecule has 0 radical (unpaired) electrons. The summed E-state index contributed by atoms with van der Waals surface area (Å²) in [6, 6.07) is 5.53. The maximum absolute atomic E-state index is 11.8. The first-order chi connectivity index (χ1) is 11.0. The minimum atomic E-state index is -0.339. The SMILES string of the molecule is CC(C)OC(=O)CCNC(=O)/C=C/c1c(Cl)nc2ccccn12. The van der Waals surface area contributed by atoms with Crippen molar-refractivity contribution in [1.29, 1.82) is 0 Å². The summed E-state index contributed by atoms with van der Waals surface area (Å²) in [5.41, 5.74) is 1.32. The predicted molar refractivity (Wildman–Crippen MR) is 88.1 cm³/mol. The zero-order chi connectivity index (χ0) is 16.8. The molecule has 0 unspecified atom stereocenters. The van der Waals surface area contributed by atoms with Crippen LogP contribution in [0.2, 0.25) is 5.15 Å². The van der Waals surface area contributed by atoms with Crippen LogP contribution in [-0.2, 0) is 14.3 Å². The summed E-state index contributed by atoms with van der Waals surface area (Å²) in [4.78, 5) is 27.3. The maximum Gasteiger partial charge on any atom is 0.307 e. The number of nitrogens with one attached hydrogen (secondary N) is 1. The van der Waals surface area contributed by atoms with Crippen LogP contribution >= 0.6 is 11.6 Å². The smallest absolute Gasteiger partial charge is 0.307 e. The zero-order valence-electron chi connectivity index (χ0n) is 13.0. The molecule has 2 heterocycles. The van der Waals surface area contributed by atoms with Crippen LogP contribution in [0.25, 0.3) is 11.7 Å². The number of ether oxygens (including phenoxy) is 1. The molecule has 122 valence electrons. The van der Waals surface area contributed by atoms with Crippen molar-refractivity contribution in [2.45, 2.75) is 26.4 Å². The Morgan fingerprint density at radius 2 is 2.22 bits per heavy atom. The lowest BCUT2D eigenvalue weighted by molar-refractivity contribution is -0.147. The second kappa shape index (κ2) is 7.78. The first-order valence-corrected chi connectivity index (χ1v) is 7.63. The van der Waals surface area contributed by atoms with Crippen LogP contribution < -0.4 is 5.32 Å². The monoisotopic (exact) mass is 335 g/mol. The van der Waals surface area contributed by atoms with Crippen molar-refractivity contribution in [2.75, 3.05) is 6.54 Å². The van der Waals surface area contributed by atoms with E-state index >= 15 is 0 Å². The predicted octanol–water partition coefficient (Wildman–Crippen LogP) is 2.46. The zero-order valence-corrected chi connectivity index (χ0v) is 13.7. The lowest BCUT2D eigenvalue weighted by Crippen LogP contribution is -2.25. The van der Waals surface area contributed by atoms with E-state index in [4.69, 9.17) is 16.3 Å². The third-order valence-electron chi connectivity index (χ3n) is 2.91. The highest BCUT2D eigenvalue weighted by Crippen LogP contribution is 2.18. The minimum Gasteiger partial charge on any atom is -0.463 e. The molecule has 0 aliphatic heterocycles. The normalized spacial score (nSPS) is 11.3. The second-order valence-electron chi connectivity index (χ2n) is 5.13. The van der Waals surface area contributed by atoms with Crippen molar-refractivity contribution in [2.24, 2.45) is 0 Å². The van der Waals surface area contributed by atoms with Gasteiger partial charge in [-0.05, 0) is 32.1 Å². The Labute approximate surface area is 139 Å². The summed E-state index contributed by atoms with van der Waals surface area (Å²) in [5.74, 6) is -0.654. The number of amides is 1. The van der Waals surface area contributed by atoms with E-state index in [-0.39, 0.29) is 30.9 Å². The standard InChI is InChI=1S/C16H18ClN3O3/c1-11(2)23-15(22)8-9-18-14(21)7-6-12-16(17)19-13-5-3-4-10-20(12)13/h3-7,10-11H,8-9H2,1-2H3,(H,18,21)/b7-6+. The topological polar surface area (TPSA) is 72.7 Å². The van der Waals surface area contributed by atoms with E-state index in [1.807, 2.05) is 24.4 Å². The Balaban J connectivity index is 1.91. The molecule has 0 saturated heterocycles. The highest BCUT2D eigenvalue weighted by Gasteiger charge is 2.08. The molecule has 2 aromatic heterocycles. The fourth-order valence-corrected chi connectivity index (χ4v) is 2.20. The number of hydrogen-bond donors (Lipinski definition) is 1. The Hall–Kier alpha value is -2.34. The number of hydrogen-bond acceptors (Lipinski definition) is 4. The first kappa shape index (κ1) is 17.0. The van der Waals surface area contributed by atoms with E-state index < -0.39 is 0 Å². The van der Waals surface area contributed by atoms with E-state index in [2.05, 4.69) is 10.3 Å². The van der Waals surface area contributed by atoms with Crippen LogP contribution in [0.1, 0.15) is 26.0 Å². The van der Waals surface area contributed by atoms with Crippen molar-refractivity contribution < 1.29 is 14.3 Å². The number of nitrogens with zero attached hydrogens (tertiary/aromatic N) is 2. The van der Waals surface area contributed by atoms with Crippen LogP contribution in [0.3, 0.4) is 0 Å². The number of esters is 1. The molecule has 0 spiro atoms. The molecule has 2 aromatic rings. The van der Waals surface area contributed by atoms with Gasteiger partial charge in [-0.25, -0.2) is 4.98 Å². The van der Waals surface area contributed by atoms with Crippen molar-refractivity contribution in [1.82, 2.24) is 14.7 Å². The number of rotatable bonds is 6. The number of fused-ring (bicyclic) bond motifs is 1. The molecule has 6 nitrogen and oxygen atoms in total. The van der Waals surface area contributed by atoms with Crippen LogP contribution in [0, 0.1) is 0 Å². The van der Waals surface area contributed by atoms with Gasteiger partial charge in [-0.15, -0.1) is 0 Å². The molecule has 0 aromatic carbocycles. The average molecular weight is 336 g/mol. The van der Waals surface area contributed by atoms with Gasteiger partial charge >= 0.3 is 5.97 Å². The third-order valence-corrected chi connectivity index (χ3v) is 3.19.